The quantitative estimate of drug-likeness (QED) is 0.174. The highest BCUT2D eigenvalue weighted by Crippen LogP contribution is 2.45. The summed E-state index contributed by atoms with van der Waals surface area (Å²) < 4.78 is 48.5. The lowest BCUT2D eigenvalue weighted by atomic mass is 9.94. The topological polar surface area (TPSA) is 57.4 Å². The van der Waals surface area contributed by atoms with E-state index in [1.54, 1.807) is 12.1 Å². The predicted molar refractivity (Wildman–Crippen MR) is 245 cm³/mol. The van der Waals surface area contributed by atoms with Crippen molar-refractivity contribution in [3.63, 3.8) is 0 Å². The van der Waals surface area contributed by atoms with Crippen LogP contribution in [0.4, 0.5) is 13.2 Å². The first kappa shape index (κ1) is 38.3. The fourth-order valence-corrected chi connectivity index (χ4v) is 9.40. The second kappa shape index (κ2) is 14.4. The molecule has 0 amide bonds. The van der Waals surface area contributed by atoms with E-state index >= 15 is 0 Å². The number of aryl methyl sites for hydroxylation is 4. The van der Waals surface area contributed by atoms with Crippen LogP contribution < -0.4 is 0 Å². The van der Waals surface area contributed by atoms with Gasteiger partial charge in [-0.2, -0.15) is 23.7 Å². The summed E-state index contributed by atoms with van der Waals surface area (Å²) in [4.78, 5) is 0. The van der Waals surface area contributed by atoms with Gasteiger partial charge in [0.2, 0.25) is 0 Å². The molecule has 2 heterocycles. The van der Waals surface area contributed by atoms with Gasteiger partial charge in [0.25, 0.3) is 0 Å². The van der Waals surface area contributed by atoms with Gasteiger partial charge in [-0.15, -0.1) is 0 Å². The van der Waals surface area contributed by atoms with E-state index in [1.165, 1.54) is 17.2 Å². The first-order valence-corrected chi connectivity index (χ1v) is 20.3. The van der Waals surface area contributed by atoms with Crippen LogP contribution in [0, 0.1) is 50.4 Å². The largest absolute Gasteiger partial charge is 0.416 e. The summed E-state index contributed by atoms with van der Waals surface area (Å²) in [6, 6.07) is 52.7. The molecule has 0 aliphatic heterocycles. The average Bonchev–Trinajstić information content (AvgIpc) is 3.77. The maximum Gasteiger partial charge on any atom is 0.416 e. The number of hydrogen-bond acceptors (Lipinski definition) is 2. The van der Waals surface area contributed by atoms with Crippen LogP contribution in [0.15, 0.2) is 152 Å². The van der Waals surface area contributed by atoms with Crippen molar-refractivity contribution < 1.29 is 13.2 Å². The zero-order chi connectivity index (χ0) is 43.0. The number of alkyl halides is 3. The molecule has 0 unspecified atom stereocenters. The van der Waals surface area contributed by atoms with E-state index in [9.17, 15) is 23.7 Å². The molecular weight excluding hydrogens is 774 g/mol. The second-order valence-corrected chi connectivity index (χ2v) is 16.2. The van der Waals surface area contributed by atoms with Gasteiger partial charge in [-0.1, -0.05) is 96.1 Å². The number of benzene rings is 8. The molecule has 298 valence electrons. The highest BCUT2D eigenvalue weighted by Gasteiger charge is 2.33. The van der Waals surface area contributed by atoms with E-state index in [0.29, 0.717) is 22.5 Å². The average molecular weight is 811 g/mol. The lowest BCUT2D eigenvalue weighted by Crippen LogP contribution is -2.08. The standard InChI is InChI=1S/C55H37F3N4/c1-32-13-17-42(34(3)21-32)38-15-19-50-46(28-38)44-9-5-7-11-48(44)61(50)52-25-37(31-60)26-53(54(52)40-23-36(30-59)24-41(27-40)55(56,57)58)62-49-12-8-6-10-45(49)47-29-39(16-20-51(47)62)43-18-14-33(2)22-35(43)4/h5-29H,1-4H3. The Balaban J connectivity index is 1.34. The fourth-order valence-electron chi connectivity index (χ4n) is 9.40. The van der Waals surface area contributed by atoms with Gasteiger partial charge in [-0.25, -0.2) is 0 Å². The maximum atomic E-state index is 14.8. The van der Waals surface area contributed by atoms with E-state index in [0.717, 1.165) is 89.1 Å². The molecule has 0 spiro atoms. The summed E-state index contributed by atoms with van der Waals surface area (Å²) in [6.07, 6.45) is -4.73. The van der Waals surface area contributed by atoms with Crippen molar-refractivity contribution in [2.24, 2.45) is 0 Å². The summed E-state index contributed by atoms with van der Waals surface area (Å²) in [7, 11) is 0. The van der Waals surface area contributed by atoms with Gasteiger partial charge in [0.15, 0.2) is 0 Å². The zero-order valence-corrected chi connectivity index (χ0v) is 34.4. The summed E-state index contributed by atoms with van der Waals surface area (Å²) >= 11 is 0. The highest BCUT2D eigenvalue weighted by molar-refractivity contribution is 6.13. The molecule has 62 heavy (non-hydrogen) atoms. The Morgan fingerprint density at radius 1 is 0.435 bits per heavy atom. The number of nitrogens with zero attached hydrogens (tertiary/aromatic N) is 4. The van der Waals surface area contributed by atoms with Crippen molar-refractivity contribution in [2.75, 3.05) is 0 Å². The minimum atomic E-state index is -4.73. The van der Waals surface area contributed by atoms with Crippen LogP contribution in [0.2, 0.25) is 0 Å². The Hall–Kier alpha value is -7.87. The van der Waals surface area contributed by atoms with Crippen LogP contribution in [-0.2, 0) is 6.18 Å². The summed E-state index contributed by atoms with van der Waals surface area (Å²) in [6.45, 7) is 8.34. The Bertz CT molecular complexity index is 3400. The fraction of sp³-hybridized carbons (Fsp3) is 0.0909. The van der Waals surface area contributed by atoms with Gasteiger partial charge in [-0.05, 0) is 133 Å². The number of hydrogen-bond donors (Lipinski definition) is 0. The van der Waals surface area contributed by atoms with E-state index in [4.69, 9.17) is 0 Å². The van der Waals surface area contributed by atoms with Gasteiger partial charge in [-0.3, -0.25) is 0 Å². The van der Waals surface area contributed by atoms with Crippen LogP contribution in [0.25, 0.3) is 88.4 Å². The molecule has 0 atom stereocenters. The van der Waals surface area contributed by atoms with E-state index in [1.807, 2.05) is 66.7 Å². The third kappa shape index (κ3) is 6.21. The lowest BCUT2D eigenvalue weighted by Gasteiger charge is -2.22. The van der Waals surface area contributed by atoms with Crippen molar-refractivity contribution in [3.8, 4) is 56.9 Å². The van der Waals surface area contributed by atoms with Crippen molar-refractivity contribution in [2.45, 2.75) is 33.9 Å². The number of aromatic nitrogens is 2. The number of rotatable bonds is 5. The van der Waals surface area contributed by atoms with Gasteiger partial charge in [0.1, 0.15) is 0 Å². The first-order valence-electron chi connectivity index (χ1n) is 20.3. The molecule has 0 aliphatic rings. The molecule has 0 radical (unpaired) electrons. The molecule has 0 saturated carbocycles. The molecule has 2 aromatic heterocycles. The molecule has 0 fully saturated rings. The Morgan fingerprint density at radius 3 is 1.34 bits per heavy atom. The predicted octanol–water partition coefficient (Wildman–Crippen LogP) is 14.9. The number of para-hydroxylation sites is 2. The molecule has 10 aromatic rings. The highest BCUT2D eigenvalue weighted by atomic mass is 19.4. The third-order valence-electron chi connectivity index (χ3n) is 12.1. The minimum Gasteiger partial charge on any atom is -0.308 e. The van der Waals surface area contributed by atoms with Gasteiger partial charge in [0.05, 0.1) is 62.3 Å². The monoisotopic (exact) mass is 810 g/mol. The molecule has 0 aliphatic carbocycles. The normalized spacial score (nSPS) is 11.8. The molecule has 8 aromatic carbocycles. The summed E-state index contributed by atoms with van der Waals surface area (Å²) in [5, 5.41) is 24.8. The Labute approximate surface area is 356 Å². The van der Waals surface area contributed by atoms with Crippen molar-refractivity contribution >= 4 is 43.6 Å². The smallest absolute Gasteiger partial charge is 0.308 e. The van der Waals surface area contributed by atoms with Crippen LogP contribution >= 0.6 is 0 Å². The number of halogens is 3. The van der Waals surface area contributed by atoms with Crippen molar-refractivity contribution in [3.05, 3.63) is 191 Å². The van der Waals surface area contributed by atoms with Crippen LogP contribution in [0.1, 0.15) is 38.9 Å². The second-order valence-electron chi connectivity index (χ2n) is 16.2. The SMILES string of the molecule is Cc1ccc(-c2ccc3c(c2)c2ccccc2n3-c2cc(C#N)cc(-n3c4ccccc4c4cc(-c5ccc(C)cc5C)ccc43)c2-c2cc(C#N)cc(C(F)(F)F)c2)c(C)c1. The van der Waals surface area contributed by atoms with Crippen LogP contribution in [0.3, 0.4) is 0 Å². The minimum absolute atomic E-state index is 0.128. The molecule has 0 bridgehead atoms. The molecule has 7 heteroatoms. The molecule has 10 rings (SSSR count). The Kier molecular flexibility index (Phi) is 8.91. The van der Waals surface area contributed by atoms with E-state index in [2.05, 4.69) is 104 Å². The molecule has 0 N–H and O–H groups in total. The molecular formula is C55H37F3N4. The van der Waals surface area contributed by atoms with Gasteiger partial charge >= 0.3 is 6.18 Å². The number of fused-ring (bicyclic) bond motifs is 6. The maximum absolute atomic E-state index is 14.8. The van der Waals surface area contributed by atoms with Gasteiger partial charge < -0.3 is 9.13 Å². The molecule has 0 saturated heterocycles. The summed E-state index contributed by atoms with van der Waals surface area (Å²) in [5.41, 5.74) is 13.1. The number of nitriles is 2. The third-order valence-corrected chi connectivity index (χ3v) is 12.1. The van der Waals surface area contributed by atoms with Crippen molar-refractivity contribution in [1.82, 2.24) is 9.13 Å². The summed E-state index contributed by atoms with van der Waals surface area (Å²) in [5.74, 6) is 0. The van der Waals surface area contributed by atoms with E-state index in [-0.39, 0.29) is 11.1 Å². The zero-order valence-electron chi connectivity index (χ0n) is 34.4. The van der Waals surface area contributed by atoms with Crippen LogP contribution in [0.5, 0.6) is 0 Å². The lowest BCUT2D eigenvalue weighted by molar-refractivity contribution is -0.137. The Morgan fingerprint density at radius 2 is 0.887 bits per heavy atom. The van der Waals surface area contributed by atoms with Crippen molar-refractivity contribution in [1.29, 1.82) is 10.5 Å². The molecule has 4 nitrogen and oxygen atoms in total. The van der Waals surface area contributed by atoms with Crippen LogP contribution in [-0.4, -0.2) is 9.13 Å². The first-order chi connectivity index (χ1) is 29.9. The van der Waals surface area contributed by atoms with Gasteiger partial charge in [0, 0.05) is 27.1 Å². The van der Waals surface area contributed by atoms with E-state index < -0.39 is 11.7 Å².